The fraction of sp³-hybridized carbons (Fsp3) is 0.292. The molecule has 0 saturated carbocycles. The molecule has 33 heavy (non-hydrogen) atoms. The number of likely N-dealkylation sites (N-methyl/N-ethyl adjacent to an activating group) is 1. The summed E-state index contributed by atoms with van der Waals surface area (Å²) in [5, 5.41) is 0.0280. The maximum absolute atomic E-state index is 13.3. The lowest BCUT2D eigenvalue weighted by molar-refractivity contribution is 0.206. The predicted molar refractivity (Wildman–Crippen MR) is 136 cm³/mol. The highest BCUT2D eigenvalue weighted by molar-refractivity contribution is 7.20. The molecule has 7 nitrogen and oxygen atoms in total. The van der Waals surface area contributed by atoms with Crippen molar-refractivity contribution in [2.75, 3.05) is 32.2 Å². The van der Waals surface area contributed by atoms with E-state index in [0.29, 0.717) is 16.8 Å². The van der Waals surface area contributed by atoms with E-state index in [2.05, 4.69) is 16.0 Å². The maximum atomic E-state index is 13.3. The number of methoxy groups -OCH3 is 1. The molecule has 1 aliphatic rings. The van der Waals surface area contributed by atoms with Gasteiger partial charge in [-0.3, -0.25) is 9.36 Å². The fourth-order valence-electron chi connectivity index (χ4n) is 4.01. The zero-order chi connectivity index (χ0) is 23.1. The molecule has 1 atom stereocenters. The van der Waals surface area contributed by atoms with Crippen molar-refractivity contribution in [1.29, 1.82) is 0 Å². The van der Waals surface area contributed by atoms with Crippen molar-refractivity contribution in [1.82, 2.24) is 19.1 Å². The number of imidazole rings is 1. The summed E-state index contributed by atoms with van der Waals surface area (Å²) in [5.74, 6) is 0.844. The summed E-state index contributed by atoms with van der Waals surface area (Å²) >= 11 is 7.61. The van der Waals surface area contributed by atoms with Gasteiger partial charge in [0.25, 0.3) is 5.56 Å². The number of hydrogen-bond donors (Lipinski definition) is 0. The number of fused-ring (bicyclic) bond motifs is 2. The Morgan fingerprint density at radius 1 is 1.30 bits per heavy atom. The summed E-state index contributed by atoms with van der Waals surface area (Å²) in [6.07, 6.45) is 8.48. The Morgan fingerprint density at radius 2 is 2.15 bits per heavy atom. The zero-order valence-electron chi connectivity index (χ0n) is 18.7. The van der Waals surface area contributed by atoms with Gasteiger partial charge in [0.1, 0.15) is 11.0 Å². The largest absolute Gasteiger partial charge is 0.383 e. The second-order valence-corrected chi connectivity index (χ2v) is 9.69. The summed E-state index contributed by atoms with van der Waals surface area (Å²) in [6, 6.07) is 7.82. The van der Waals surface area contributed by atoms with Gasteiger partial charge in [0.2, 0.25) is 5.95 Å². The highest BCUT2D eigenvalue weighted by Crippen LogP contribution is 2.31. The number of hydrogen-bond acceptors (Lipinski definition) is 6. The summed E-state index contributed by atoms with van der Waals surface area (Å²) in [5.41, 5.74) is 4.26. The van der Waals surface area contributed by atoms with Crippen LogP contribution >= 0.6 is 22.9 Å². The first-order chi connectivity index (χ1) is 16.0. The standard InChI is InChI=1S/C24H24ClN5O2S/c1-28(10-11-32-3)24-27-18-12-17(8-9-20(18)29(24)2)30-14-26-19-13-21(33-22(19)23(30)31)15-4-6-16(25)7-5-15/h4-6,8-9,12-14,16H,7,10-11H2,1-3H3. The van der Waals surface area contributed by atoms with Gasteiger partial charge in [-0.05, 0) is 36.3 Å². The summed E-state index contributed by atoms with van der Waals surface area (Å²) in [6.45, 7) is 1.35. The van der Waals surface area contributed by atoms with Crippen LogP contribution in [0.4, 0.5) is 5.95 Å². The van der Waals surface area contributed by atoms with Crippen LogP contribution in [-0.4, -0.2) is 51.8 Å². The molecule has 9 heteroatoms. The SMILES string of the molecule is COCCN(C)c1nc2cc(-n3cnc4cc(C5=CCC(Cl)C=C5)sc4c3=O)ccc2n1C. The molecule has 1 aliphatic carbocycles. The van der Waals surface area contributed by atoms with Crippen LogP contribution in [0.15, 0.2) is 53.6 Å². The number of aryl methyl sites for hydroxylation is 1. The number of alkyl halides is 1. The molecule has 1 aromatic carbocycles. The number of rotatable bonds is 6. The molecule has 0 bridgehead atoms. The molecule has 0 N–H and O–H groups in total. The first-order valence-electron chi connectivity index (χ1n) is 10.7. The molecule has 170 valence electrons. The lowest BCUT2D eigenvalue weighted by Gasteiger charge is -2.17. The Hall–Kier alpha value is -2.94. The predicted octanol–water partition coefficient (Wildman–Crippen LogP) is 4.37. The molecule has 0 radical (unpaired) electrons. The van der Waals surface area contributed by atoms with Crippen molar-refractivity contribution in [2.45, 2.75) is 11.8 Å². The van der Waals surface area contributed by atoms with Crippen molar-refractivity contribution < 1.29 is 4.74 Å². The number of allylic oxidation sites excluding steroid dienone is 4. The van der Waals surface area contributed by atoms with Crippen molar-refractivity contribution in [3.63, 3.8) is 0 Å². The lowest BCUT2D eigenvalue weighted by atomic mass is 10.1. The number of halogens is 1. The van der Waals surface area contributed by atoms with Crippen LogP contribution in [0.1, 0.15) is 11.3 Å². The van der Waals surface area contributed by atoms with Crippen molar-refractivity contribution in [3.8, 4) is 5.69 Å². The van der Waals surface area contributed by atoms with E-state index < -0.39 is 0 Å². The summed E-state index contributed by atoms with van der Waals surface area (Å²) in [4.78, 5) is 25.8. The highest BCUT2D eigenvalue weighted by Gasteiger charge is 2.16. The van der Waals surface area contributed by atoms with Crippen LogP contribution in [0.25, 0.3) is 32.5 Å². The lowest BCUT2D eigenvalue weighted by Crippen LogP contribution is -2.24. The molecule has 0 saturated heterocycles. The maximum Gasteiger partial charge on any atom is 0.275 e. The molecule has 1 unspecified atom stereocenters. The van der Waals surface area contributed by atoms with Crippen molar-refractivity contribution in [3.05, 3.63) is 64.1 Å². The molecule has 0 amide bonds. The van der Waals surface area contributed by atoms with Crippen LogP contribution in [-0.2, 0) is 11.8 Å². The van der Waals surface area contributed by atoms with Gasteiger partial charge in [-0.2, -0.15) is 0 Å². The third-order valence-corrected chi connectivity index (χ3v) is 7.35. The normalized spacial score (nSPS) is 16.0. The van der Waals surface area contributed by atoms with Gasteiger partial charge in [-0.1, -0.05) is 18.2 Å². The Kier molecular flexibility index (Phi) is 5.82. The average Bonchev–Trinajstić information content (AvgIpc) is 3.40. The number of ether oxygens (including phenoxy) is 1. The van der Waals surface area contributed by atoms with Crippen molar-refractivity contribution >= 4 is 55.7 Å². The minimum Gasteiger partial charge on any atom is -0.383 e. The Balaban J connectivity index is 1.53. The van der Waals surface area contributed by atoms with Gasteiger partial charge in [0.15, 0.2) is 0 Å². The van der Waals surface area contributed by atoms with Gasteiger partial charge in [0, 0.05) is 32.6 Å². The van der Waals surface area contributed by atoms with Crippen LogP contribution in [0.3, 0.4) is 0 Å². The van der Waals surface area contributed by atoms with E-state index in [1.165, 1.54) is 11.3 Å². The van der Waals surface area contributed by atoms with Crippen LogP contribution < -0.4 is 10.5 Å². The van der Waals surface area contributed by atoms with Gasteiger partial charge in [-0.25, -0.2) is 9.97 Å². The van der Waals surface area contributed by atoms with E-state index in [1.54, 1.807) is 18.0 Å². The number of anilines is 1. The third kappa shape index (κ3) is 3.99. The molecular weight excluding hydrogens is 458 g/mol. The number of thiophene rings is 1. The average molecular weight is 482 g/mol. The van der Waals surface area contributed by atoms with Gasteiger partial charge in [-0.15, -0.1) is 22.9 Å². The second-order valence-electron chi connectivity index (χ2n) is 8.07. The Bertz CT molecular complexity index is 1470. The van der Waals surface area contributed by atoms with E-state index in [0.717, 1.165) is 46.1 Å². The van der Waals surface area contributed by atoms with Crippen LogP contribution in [0.2, 0.25) is 0 Å². The first kappa shape index (κ1) is 21.9. The smallest absolute Gasteiger partial charge is 0.275 e. The monoisotopic (exact) mass is 481 g/mol. The summed E-state index contributed by atoms with van der Waals surface area (Å²) in [7, 11) is 5.66. The molecule has 5 rings (SSSR count). The Labute approximate surface area is 200 Å². The highest BCUT2D eigenvalue weighted by atomic mass is 35.5. The van der Waals surface area contributed by atoms with Crippen molar-refractivity contribution in [2.24, 2.45) is 7.05 Å². The van der Waals surface area contributed by atoms with Crippen LogP contribution in [0, 0.1) is 0 Å². The number of aromatic nitrogens is 4. The molecule has 3 aromatic heterocycles. The second kappa shape index (κ2) is 8.78. The van der Waals surface area contributed by atoms with E-state index in [9.17, 15) is 4.79 Å². The molecule has 0 fully saturated rings. The van der Waals surface area contributed by atoms with Crippen LogP contribution in [0.5, 0.6) is 0 Å². The first-order valence-corrected chi connectivity index (χ1v) is 11.9. The minimum atomic E-state index is -0.0837. The van der Waals surface area contributed by atoms with E-state index in [-0.39, 0.29) is 10.9 Å². The molecule has 4 aromatic rings. The van der Waals surface area contributed by atoms with E-state index >= 15 is 0 Å². The van der Waals surface area contributed by atoms with Gasteiger partial charge in [0.05, 0.1) is 34.2 Å². The quantitative estimate of drug-likeness (QED) is 0.383. The Morgan fingerprint density at radius 3 is 2.91 bits per heavy atom. The number of nitrogens with zero attached hydrogens (tertiary/aromatic N) is 5. The minimum absolute atomic E-state index is 0.0280. The molecule has 3 heterocycles. The fourth-order valence-corrected chi connectivity index (χ4v) is 5.23. The third-order valence-electron chi connectivity index (χ3n) is 5.86. The topological polar surface area (TPSA) is 65.2 Å². The molecule has 0 aliphatic heterocycles. The summed E-state index contributed by atoms with van der Waals surface area (Å²) < 4.78 is 9.45. The molecule has 0 spiro atoms. The zero-order valence-corrected chi connectivity index (χ0v) is 20.2. The van der Waals surface area contributed by atoms with E-state index in [1.807, 2.05) is 55.1 Å². The van der Waals surface area contributed by atoms with Gasteiger partial charge < -0.3 is 14.2 Å². The number of benzene rings is 1. The van der Waals surface area contributed by atoms with Gasteiger partial charge >= 0.3 is 0 Å². The molecular formula is C24H24ClN5O2S. The van der Waals surface area contributed by atoms with E-state index in [4.69, 9.17) is 21.3 Å².